The summed E-state index contributed by atoms with van der Waals surface area (Å²) in [6.07, 6.45) is 2.94. The van der Waals surface area contributed by atoms with Crippen molar-refractivity contribution in [3.05, 3.63) is 34.9 Å². The number of amides is 2. The van der Waals surface area contributed by atoms with Crippen LogP contribution in [0.3, 0.4) is 0 Å². The summed E-state index contributed by atoms with van der Waals surface area (Å²) < 4.78 is 0. The van der Waals surface area contributed by atoms with Crippen LogP contribution in [0.5, 0.6) is 0 Å². The van der Waals surface area contributed by atoms with Gasteiger partial charge in [-0.15, -0.1) is 0 Å². The SMILES string of the molecule is CN1CCCC[C@H]1C(=O)NNC(=O)c1ccccc1Cl. The van der Waals surface area contributed by atoms with Crippen LogP contribution < -0.4 is 10.9 Å². The van der Waals surface area contributed by atoms with E-state index in [1.54, 1.807) is 24.3 Å². The highest BCUT2D eigenvalue weighted by molar-refractivity contribution is 6.33. The fourth-order valence-electron chi connectivity index (χ4n) is 2.32. The highest BCUT2D eigenvalue weighted by Crippen LogP contribution is 2.15. The van der Waals surface area contributed by atoms with Gasteiger partial charge in [0.15, 0.2) is 0 Å². The molecule has 6 heteroatoms. The van der Waals surface area contributed by atoms with Gasteiger partial charge in [0.05, 0.1) is 16.6 Å². The summed E-state index contributed by atoms with van der Waals surface area (Å²) in [5.41, 5.74) is 5.22. The van der Waals surface area contributed by atoms with Crippen molar-refractivity contribution in [2.24, 2.45) is 0 Å². The van der Waals surface area contributed by atoms with Crippen molar-refractivity contribution in [3.63, 3.8) is 0 Å². The molecule has 1 fully saturated rings. The van der Waals surface area contributed by atoms with Crippen molar-refractivity contribution in [2.45, 2.75) is 25.3 Å². The van der Waals surface area contributed by atoms with Crippen molar-refractivity contribution in [1.29, 1.82) is 0 Å². The first-order valence-electron chi connectivity index (χ1n) is 6.64. The van der Waals surface area contributed by atoms with Gasteiger partial charge in [-0.2, -0.15) is 0 Å². The number of hydrazine groups is 1. The lowest BCUT2D eigenvalue weighted by Gasteiger charge is -2.31. The third kappa shape index (κ3) is 3.49. The molecule has 1 saturated heterocycles. The number of piperidine rings is 1. The zero-order valence-electron chi connectivity index (χ0n) is 11.4. The first-order valence-corrected chi connectivity index (χ1v) is 7.02. The highest BCUT2D eigenvalue weighted by Gasteiger charge is 2.26. The molecule has 2 N–H and O–H groups in total. The van der Waals surface area contributed by atoms with E-state index in [-0.39, 0.29) is 11.9 Å². The molecule has 1 aliphatic heterocycles. The fraction of sp³-hybridized carbons (Fsp3) is 0.429. The third-order valence-corrected chi connectivity index (χ3v) is 3.82. The molecule has 1 atom stereocenters. The standard InChI is InChI=1S/C14H18ClN3O2/c1-18-9-5-4-8-12(18)14(20)17-16-13(19)10-6-2-3-7-11(10)15/h2-3,6-7,12H,4-5,8-9H2,1H3,(H,16,19)(H,17,20)/t12-/m0/s1. The van der Waals surface area contributed by atoms with E-state index in [1.165, 1.54) is 0 Å². The number of carbonyl (C=O) groups excluding carboxylic acids is 2. The second-order valence-electron chi connectivity index (χ2n) is 4.92. The molecule has 5 nitrogen and oxygen atoms in total. The molecule has 0 aliphatic carbocycles. The largest absolute Gasteiger partial charge is 0.295 e. The number of carbonyl (C=O) groups is 2. The van der Waals surface area contributed by atoms with Gasteiger partial charge in [-0.25, -0.2) is 0 Å². The number of likely N-dealkylation sites (N-methyl/N-ethyl adjacent to an activating group) is 1. The van der Waals surface area contributed by atoms with E-state index < -0.39 is 5.91 Å². The van der Waals surface area contributed by atoms with Crippen molar-refractivity contribution in [3.8, 4) is 0 Å². The first-order chi connectivity index (χ1) is 9.59. The summed E-state index contributed by atoms with van der Waals surface area (Å²) in [4.78, 5) is 25.9. The van der Waals surface area contributed by atoms with E-state index in [2.05, 4.69) is 10.9 Å². The third-order valence-electron chi connectivity index (χ3n) is 3.49. The Balaban J connectivity index is 1.90. The number of likely N-dealkylation sites (tertiary alicyclic amines) is 1. The smallest absolute Gasteiger partial charge is 0.271 e. The molecule has 2 rings (SSSR count). The summed E-state index contributed by atoms with van der Waals surface area (Å²) in [7, 11) is 1.92. The molecule has 0 saturated carbocycles. The van der Waals surface area contributed by atoms with E-state index in [4.69, 9.17) is 11.6 Å². The minimum Gasteiger partial charge on any atom is -0.295 e. The molecule has 0 aromatic heterocycles. The van der Waals surface area contributed by atoms with Crippen LogP contribution in [0.25, 0.3) is 0 Å². The zero-order valence-corrected chi connectivity index (χ0v) is 12.1. The van der Waals surface area contributed by atoms with E-state index in [9.17, 15) is 9.59 Å². The number of nitrogens with one attached hydrogen (secondary N) is 2. The zero-order chi connectivity index (χ0) is 14.5. The lowest BCUT2D eigenvalue weighted by Crippen LogP contribution is -2.52. The summed E-state index contributed by atoms with van der Waals surface area (Å²) >= 11 is 5.92. The Hall–Kier alpha value is -1.59. The van der Waals surface area contributed by atoms with Gasteiger partial charge in [-0.05, 0) is 38.6 Å². The number of hydrogen-bond acceptors (Lipinski definition) is 3. The summed E-state index contributed by atoms with van der Waals surface area (Å²) in [6, 6.07) is 6.52. The molecule has 2 amide bonds. The van der Waals surface area contributed by atoms with Gasteiger partial charge in [-0.3, -0.25) is 25.3 Å². The van der Waals surface area contributed by atoms with Gasteiger partial charge in [-0.1, -0.05) is 30.2 Å². The minimum atomic E-state index is -0.414. The number of hydrogen-bond donors (Lipinski definition) is 2. The topological polar surface area (TPSA) is 61.4 Å². The molecule has 1 aromatic carbocycles. The second kappa shape index (κ2) is 6.72. The number of halogens is 1. The summed E-state index contributed by atoms with van der Waals surface area (Å²) in [5.74, 6) is -0.602. The monoisotopic (exact) mass is 295 g/mol. The minimum absolute atomic E-state index is 0.185. The van der Waals surface area contributed by atoms with Crippen LogP contribution in [0.15, 0.2) is 24.3 Å². The molecule has 20 heavy (non-hydrogen) atoms. The molecule has 0 radical (unpaired) electrons. The van der Waals surface area contributed by atoms with Crippen LogP contribution in [0.4, 0.5) is 0 Å². The lowest BCUT2D eigenvalue weighted by atomic mass is 10.0. The Bertz CT molecular complexity index is 507. The van der Waals surface area contributed by atoms with E-state index in [0.717, 1.165) is 25.8 Å². The van der Waals surface area contributed by atoms with E-state index in [1.807, 2.05) is 11.9 Å². The molecule has 1 heterocycles. The Labute approximate surface area is 123 Å². The molecule has 1 aliphatic rings. The molecule has 0 spiro atoms. The fourth-order valence-corrected chi connectivity index (χ4v) is 2.54. The Kier molecular flexibility index (Phi) is 4.98. The van der Waals surface area contributed by atoms with E-state index >= 15 is 0 Å². The Morgan fingerprint density at radius 2 is 2.00 bits per heavy atom. The van der Waals surface area contributed by atoms with Gasteiger partial charge < -0.3 is 0 Å². The molecule has 0 bridgehead atoms. The van der Waals surface area contributed by atoms with Crippen LogP contribution in [0.2, 0.25) is 5.02 Å². The van der Waals surface area contributed by atoms with Gasteiger partial charge >= 0.3 is 0 Å². The van der Waals surface area contributed by atoms with Crippen molar-refractivity contribution >= 4 is 23.4 Å². The van der Waals surface area contributed by atoms with Gasteiger partial charge in [0, 0.05) is 0 Å². The van der Waals surface area contributed by atoms with Crippen LogP contribution in [0.1, 0.15) is 29.6 Å². The summed E-state index contributed by atoms with van der Waals surface area (Å²) in [6.45, 7) is 0.899. The molecule has 1 aromatic rings. The van der Waals surface area contributed by atoms with Gasteiger partial charge in [0.2, 0.25) is 0 Å². The normalized spacial score (nSPS) is 19.4. The lowest BCUT2D eigenvalue weighted by molar-refractivity contribution is -0.127. The van der Waals surface area contributed by atoms with Gasteiger partial charge in [0.25, 0.3) is 11.8 Å². The van der Waals surface area contributed by atoms with Gasteiger partial charge in [0.1, 0.15) is 0 Å². The Morgan fingerprint density at radius 1 is 1.25 bits per heavy atom. The van der Waals surface area contributed by atoms with Crippen LogP contribution >= 0.6 is 11.6 Å². The average Bonchev–Trinajstić information content (AvgIpc) is 2.45. The maximum absolute atomic E-state index is 12.0. The van der Waals surface area contributed by atoms with Crippen LogP contribution in [0, 0.1) is 0 Å². The predicted molar refractivity (Wildman–Crippen MR) is 77.3 cm³/mol. The maximum atomic E-state index is 12.0. The van der Waals surface area contributed by atoms with E-state index in [0.29, 0.717) is 10.6 Å². The van der Waals surface area contributed by atoms with Crippen molar-refractivity contribution in [1.82, 2.24) is 15.8 Å². The molecule has 0 unspecified atom stereocenters. The number of benzene rings is 1. The average molecular weight is 296 g/mol. The molecular weight excluding hydrogens is 278 g/mol. The molecule has 108 valence electrons. The quantitative estimate of drug-likeness (QED) is 0.815. The van der Waals surface area contributed by atoms with Crippen molar-refractivity contribution < 1.29 is 9.59 Å². The number of nitrogens with zero attached hydrogens (tertiary/aromatic N) is 1. The predicted octanol–water partition coefficient (Wildman–Crippen LogP) is 1.59. The first kappa shape index (κ1) is 14.8. The Morgan fingerprint density at radius 3 is 2.70 bits per heavy atom. The summed E-state index contributed by atoms with van der Waals surface area (Å²) in [5, 5.41) is 0.356. The van der Waals surface area contributed by atoms with Crippen LogP contribution in [-0.4, -0.2) is 36.3 Å². The van der Waals surface area contributed by atoms with Crippen LogP contribution in [-0.2, 0) is 4.79 Å². The number of rotatable bonds is 2. The maximum Gasteiger partial charge on any atom is 0.271 e. The highest BCUT2D eigenvalue weighted by atomic mass is 35.5. The second-order valence-corrected chi connectivity index (χ2v) is 5.32. The van der Waals surface area contributed by atoms with Crippen molar-refractivity contribution in [2.75, 3.05) is 13.6 Å². The molecular formula is C14H18ClN3O2.